The van der Waals surface area contributed by atoms with E-state index in [9.17, 15) is 24.0 Å². The molecule has 10 nitrogen and oxygen atoms in total. The molecule has 2 atom stereocenters. The van der Waals surface area contributed by atoms with Crippen LogP contribution in [0.1, 0.15) is 35.2 Å². The first-order valence-electron chi connectivity index (χ1n) is 12.3. The third kappa shape index (κ3) is 8.36. The van der Waals surface area contributed by atoms with Crippen molar-refractivity contribution >= 4 is 70.3 Å². The fraction of sp³-hybridized carbons (Fsp3) is 0.370. The van der Waals surface area contributed by atoms with Gasteiger partial charge in [-0.2, -0.15) is 0 Å². The highest BCUT2D eigenvalue weighted by molar-refractivity contribution is 7.99. The third-order valence-corrected chi connectivity index (χ3v) is 7.79. The number of benzene rings is 2. The van der Waals surface area contributed by atoms with Gasteiger partial charge >= 0.3 is 11.9 Å². The first kappa shape index (κ1) is 31.3. The Kier molecular flexibility index (Phi) is 11.7. The van der Waals surface area contributed by atoms with Gasteiger partial charge in [0.15, 0.2) is 0 Å². The van der Waals surface area contributed by atoms with Crippen molar-refractivity contribution < 1.29 is 33.4 Å². The largest absolute Gasteiger partial charge is 0.469 e. The zero-order valence-electron chi connectivity index (χ0n) is 21.9. The van der Waals surface area contributed by atoms with Gasteiger partial charge in [-0.3, -0.25) is 19.2 Å². The number of esters is 2. The quantitative estimate of drug-likeness (QED) is 0.369. The summed E-state index contributed by atoms with van der Waals surface area (Å²) in [6, 6.07) is 9.73. The minimum absolute atomic E-state index is 0.103. The SMILES string of the molecule is COC(=O)CCCC(=O)N1CSCC1C(=O)NC(Cc1ccc(NC(=O)c2c(Cl)cccc2Cl)cc1)C(=O)OC. The average Bonchev–Trinajstić information content (AvgIpc) is 3.43. The van der Waals surface area contributed by atoms with Crippen LogP contribution >= 0.6 is 35.0 Å². The van der Waals surface area contributed by atoms with Crippen LogP contribution in [0.15, 0.2) is 42.5 Å². The number of rotatable bonds is 11. The summed E-state index contributed by atoms with van der Waals surface area (Å²) in [7, 11) is 2.51. The molecular formula is C27H29Cl2N3O7S. The van der Waals surface area contributed by atoms with E-state index in [4.69, 9.17) is 27.9 Å². The van der Waals surface area contributed by atoms with E-state index in [2.05, 4.69) is 15.4 Å². The third-order valence-electron chi connectivity index (χ3n) is 6.15. The molecular weight excluding hydrogens is 581 g/mol. The van der Waals surface area contributed by atoms with Gasteiger partial charge in [0, 0.05) is 30.7 Å². The van der Waals surface area contributed by atoms with Crippen LogP contribution in [0.5, 0.6) is 0 Å². The highest BCUT2D eigenvalue weighted by Crippen LogP contribution is 2.26. The summed E-state index contributed by atoms with van der Waals surface area (Å²) < 4.78 is 9.48. The molecule has 3 amide bonds. The van der Waals surface area contributed by atoms with E-state index in [0.717, 1.165) is 0 Å². The van der Waals surface area contributed by atoms with Crippen LogP contribution in [0.25, 0.3) is 0 Å². The highest BCUT2D eigenvalue weighted by Gasteiger charge is 2.36. The maximum absolute atomic E-state index is 13.1. The first-order valence-corrected chi connectivity index (χ1v) is 14.2. The number of carbonyl (C=O) groups excluding carboxylic acids is 5. The van der Waals surface area contributed by atoms with E-state index >= 15 is 0 Å². The molecule has 0 aromatic heterocycles. The van der Waals surface area contributed by atoms with Gasteiger partial charge in [-0.1, -0.05) is 41.4 Å². The maximum atomic E-state index is 13.1. The Morgan fingerprint density at radius 2 is 1.68 bits per heavy atom. The normalized spacial score (nSPS) is 15.2. The Balaban J connectivity index is 1.62. The fourth-order valence-electron chi connectivity index (χ4n) is 4.01. The molecule has 214 valence electrons. The number of nitrogens with zero attached hydrogens (tertiary/aromatic N) is 1. The molecule has 0 aliphatic carbocycles. The molecule has 1 aliphatic rings. The molecule has 13 heteroatoms. The van der Waals surface area contributed by atoms with Gasteiger partial charge in [0.2, 0.25) is 11.8 Å². The van der Waals surface area contributed by atoms with Crippen molar-refractivity contribution in [2.75, 3.05) is 31.2 Å². The van der Waals surface area contributed by atoms with E-state index in [1.54, 1.807) is 42.5 Å². The number of amides is 3. The van der Waals surface area contributed by atoms with Crippen molar-refractivity contribution in [2.24, 2.45) is 0 Å². The molecule has 1 heterocycles. The molecule has 2 N–H and O–H groups in total. The summed E-state index contributed by atoms with van der Waals surface area (Å²) in [5.74, 6) is -1.51. The summed E-state index contributed by atoms with van der Waals surface area (Å²) in [4.78, 5) is 63.7. The summed E-state index contributed by atoms with van der Waals surface area (Å²) in [5.41, 5.74) is 1.33. The first-order chi connectivity index (χ1) is 19.1. The summed E-state index contributed by atoms with van der Waals surface area (Å²) in [5, 5.41) is 5.89. The Hall–Kier alpha value is -3.28. The second-order valence-corrected chi connectivity index (χ2v) is 10.7. The predicted octanol–water partition coefficient (Wildman–Crippen LogP) is 3.69. The number of carbonyl (C=O) groups is 5. The Morgan fingerprint density at radius 1 is 1.00 bits per heavy atom. The minimum Gasteiger partial charge on any atom is -0.469 e. The molecule has 0 radical (unpaired) electrons. The number of nitrogens with one attached hydrogen (secondary N) is 2. The molecule has 3 rings (SSSR count). The zero-order chi connectivity index (χ0) is 29.2. The fourth-order valence-corrected chi connectivity index (χ4v) is 5.76. The molecule has 0 saturated carbocycles. The van der Waals surface area contributed by atoms with Crippen LogP contribution in [-0.4, -0.2) is 72.5 Å². The molecule has 0 spiro atoms. The highest BCUT2D eigenvalue weighted by atomic mass is 35.5. The van der Waals surface area contributed by atoms with Crippen molar-refractivity contribution in [3.63, 3.8) is 0 Å². The van der Waals surface area contributed by atoms with Gasteiger partial charge in [-0.25, -0.2) is 4.79 Å². The summed E-state index contributed by atoms with van der Waals surface area (Å²) in [6.07, 6.45) is 0.649. The average molecular weight is 611 g/mol. The molecule has 2 unspecified atom stereocenters. The molecule has 1 saturated heterocycles. The smallest absolute Gasteiger partial charge is 0.328 e. The van der Waals surface area contributed by atoms with Crippen molar-refractivity contribution in [3.05, 3.63) is 63.6 Å². The van der Waals surface area contributed by atoms with Gasteiger partial charge in [-0.15, -0.1) is 11.8 Å². The van der Waals surface area contributed by atoms with Gasteiger partial charge in [0.05, 0.1) is 35.7 Å². The molecule has 1 aliphatic heterocycles. The Morgan fingerprint density at radius 3 is 2.30 bits per heavy atom. The summed E-state index contributed by atoms with van der Waals surface area (Å²) in [6.45, 7) is 0. The zero-order valence-corrected chi connectivity index (χ0v) is 24.2. The maximum Gasteiger partial charge on any atom is 0.328 e. The lowest BCUT2D eigenvalue weighted by Crippen LogP contribution is -2.52. The van der Waals surface area contributed by atoms with Crippen molar-refractivity contribution in [3.8, 4) is 0 Å². The van der Waals surface area contributed by atoms with Crippen LogP contribution in [-0.2, 0) is 35.1 Å². The van der Waals surface area contributed by atoms with Crippen LogP contribution in [0.4, 0.5) is 5.69 Å². The monoisotopic (exact) mass is 609 g/mol. The number of hydrogen-bond acceptors (Lipinski definition) is 8. The van der Waals surface area contributed by atoms with Crippen molar-refractivity contribution in [2.45, 2.75) is 37.8 Å². The van der Waals surface area contributed by atoms with Crippen LogP contribution in [0, 0.1) is 0 Å². The topological polar surface area (TPSA) is 131 Å². The van der Waals surface area contributed by atoms with E-state index in [1.165, 1.54) is 30.9 Å². The van der Waals surface area contributed by atoms with Crippen LogP contribution in [0.2, 0.25) is 10.0 Å². The lowest BCUT2D eigenvalue weighted by atomic mass is 10.0. The number of ether oxygens (including phenoxy) is 2. The van der Waals surface area contributed by atoms with E-state index in [1.807, 2.05) is 0 Å². The Bertz CT molecular complexity index is 1240. The number of halogens is 2. The van der Waals surface area contributed by atoms with Crippen LogP contribution < -0.4 is 10.6 Å². The minimum atomic E-state index is -0.998. The predicted molar refractivity (Wildman–Crippen MR) is 152 cm³/mol. The standard InChI is InChI=1S/C27H29Cl2N3O7S/c1-38-23(34)8-4-7-22(33)32-15-40-14-21(32)25(35)31-20(27(37)39-2)13-16-9-11-17(12-10-16)30-26(36)24-18(28)5-3-6-19(24)29/h3,5-6,9-12,20-21H,4,7-8,13-15H2,1-2H3,(H,30,36)(H,31,35). The molecule has 2 aromatic carbocycles. The van der Waals surface area contributed by atoms with Gasteiger partial charge < -0.3 is 25.0 Å². The van der Waals surface area contributed by atoms with E-state index < -0.39 is 35.8 Å². The second kappa shape index (κ2) is 14.9. The van der Waals surface area contributed by atoms with Crippen molar-refractivity contribution in [1.29, 1.82) is 0 Å². The van der Waals surface area contributed by atoms with Gasteiger partial charge in [-0.05, 0) is 36.2 Å². The van der Waals surface area contributed by atoms with E-state index in [-0.39, 0.29) is 40.8 Å². The van der Waals surface area contributed by atoms with Gasteiger partial charge in [0.1, 0.15) is 12.1 Å². The second-order valence-electron chi connectivity index (χ2n) is 8.85. The van der Waals surface area contributed by atoms with Gasteiger partial charge in [0.25, 0.3) is 5.91 Å². The molecule has 1 fully saturated rings. The number of methoxy groups -OCH3 is 2. The number of thioether (sulfide) groups is 1. The molecule has 2 aromatic rings. The van der Waals surface area contributed by atoms with E-state index in [0.29, 0.717) is 29.3 Å². The number of anilines is 1. The molecule has 40 heavy (non-hydrogen) atoms. The lowest BCUT2D eigenvalue weighted by molar-refractivity contribution is -0.146. The number of hydrogen-bond donors (Lipinski definition) is 2. The van der Waals surface area contributed by atoms with Crippen LogP contribution in [0.3, 0.4) is 0 Å². The lowest BCUT2D eigenvalue weighted by Gasteiger charge is -2.25. The van der Waals surface area contributed by atoms with Crippen molar-refractivity contribution in [1.82, 2.24) is 10.2 Å². The Labute approximate surface area is 246 Å². The summed E-state index contributed by atoms with van der Waals surface area (Å²) >= 11 is 13.6. The molecule has 0 bridgehead atoms.